The number of likely N-dealkylation sites (N-methyl/N-ethyl adjacent to an activating group) is 1. The van der Waals surface area contributed by atoms with Crippen molar-refractivity contribution >= 4 is 44.9 Å². The van der Waals surface area contributed by atoms with Crippen LogP contribution in [0.25, 0.3) is 11.6 Å². The van der Waals surface area contributed by atoms with Crippen LogP contribution in [0.5, 0.6) is 0 Å². The van der Waals surface area contributed by atoms with Gasteiger partial charge in [-0.05, 0) is 63.7 Å². The molecule has 34 heavy (non-hydrogen) atoms. The number of anilines is 2. The highest BCUT2D eigenvalue weighted by Crippen LogP contribution is 2.36. The molecule has 2 aromatic rings. The fourth-order valence-corrected chi connectivity index (χ4v) is 4.64. The van der Waals surface area contributed by atoms with Crippen molar-refractivity contribution in [2.75, 3.05) is 42.0 Å². The highest BCUT2D eigenvalue weighted by atomic mass is 32.2. The van der Waals surface area contributed by atoms with Gasteiger partial charge in [-0.2, -0.15) is 0 Å². The van der Waals surface area contributed by atoms with Gasteiger partial charge < -0.3 is 20.5 Å². The smallest absolute Gasteiger partial charge is 0.256 e. The van der Waals surface area contributed by atoms with Crippen molar-refractivity contribution in [2.45, 2.75) is 34.6 Å². The fourth-order valence-electron chi connectivity index (χ4n) is 4.01. The van der Waals surface area contributed by atoms with Crippen LogP contribution in [0.15, 0.2) is 18.2 Å². The molecule has 10 heteroatoms. The first-order valence-electron chi connectivity index (χ1n) is 11.5. The predicted molar refractivity (Wildman–Crippen MR) is 136 cm³/mol. The van der Waals surface area contributed by atoms with E-state index in [-0.39, 0.29) is 17.6 Å². The topological polar surface area (TPSA) is 123 Å². The molecule has 0 fully saturated rings. The SMILES string of the molecule is CCN(CC)CCNC(=O)c1c(C)[nH]c(/C=C2\C(=O)Nc3ccc(NS(=O)(=O)CC)cc32)c1C. The summed E-state index contributed by atoms with van der Waals surface area (Å²) in [6.07, 6.45) is 1.70. The number of hydrogen-bond donors (Lipinski definition) is 4. The summed E-state index contributed by atoms with van der Waals surface area (Å²) in [7, 11) is -3.44. The van der Waals surface area contributed by atoms with Crippen molar-refractivity contribution < 1.29 is 18.0 Å². The molecule has 0 saturated heterocycles. The van der Waals surface area contributed by atoms with Gasteiger partial charge in [0.2, 0.25) is 10.0 Å². The van der Waals surface area contributed by atoms with Crippen molar-refractivity contribution in [3.8, 4) is 0 Å². The van der Waals surface area contributed by atoms with Gasteiger partial charge in [0, 0.05) is 41.4 Å². The molecule has 0 atom stereocenters. The standard InChI is InChI=1S/C24H33N5O4S/c1-6-29(7-2)12-11-25-24(31)22-15(4)21(26-16(22)5)14-19-18-13-17(28-34(32,33)8-3)9-10-20(18)27-23(19)30/h9-10,13-14,26,28H,6-8,11-12H2,1-5H3,(H,25,31)(H,27,30)/b19-14-. The molecule has 0 spiro atoms. The number of H-pyrrole nitrogens is 1. The normalized spacial score (nSPS) is 14.4. The van der Waals surface area contributed by atoms with Crippen molar-refractivity contribution in [1.29, 1.82) is 0 Å². The summed E-state index contributed by atoms with van der Waals surface area (Å²) < 4.78 is 26.4. The van der Waals surface area contributed by atoms with Crippen LogP contribution in [-0.2, 0) is 14.8 Å². The van der Waals surface area contributed by atoms with E-state index in [1.807, 2.05) is 13.8 Å². The maximum Gasteiger partial charge on any atom is 0.256 e. The highest BCUT2D eigenvalue weighted by Gasteiger charge is 2.26. The zero-order valence-electron chi connectivity index (χ0n) is 20.3. The number of carbonyl (C=O) groups is 2. The number of carbonyl (C=O) groups excluding carboxylic acids is 2. The third-order valence-electron chi connectivity index (χ3n) is 6.06. The van der Waals surface area contributed by atoms with Crippen LogP contribution in [0.2, 0.25) is 0 Å². The monoisotopic (exact) mass is 487 g/mol. The van der Waals surface area contributed by atoms with E-state index in [0.717, 1.165) is 25.2 Å². The molecule has 0 bridgehead atoms. The molecule has 1 aliphatic heterocycles. The lowest BCUT2D eigenvalue weighted by atomic mass is 10.0. The Morgan fingerprint density at radius 2 is 1.85 bits per heavy atom. The van der Waals surface area contributed by atoms with Crippen LogP contribution in [-0.4, -0.2) is 62.0 Å². The number of sulfonamides is 1. The number of amides is 2. The molecule has 1 aromatic heterocycles. The maximum atomic E-state index is 12.8. The first kappa shape index (κ1) is 25.5. The van der Waals surface area contributed by atoms with Crippen LogP contribution in [0.3, 0.4) is 0 Å². The molecule has 4 N–H and O–H groups in total. The van der Waals surface area contributed by atoms with E-state index in [2.05, 4.69) is 39.1 Å². The van der Waals surface area contributed by atoms with E-state index in [1.165, 1.54) is 0 Å². The van der Waals surface area contributed by atoms with Crippen LogP contribution in [0.4, 0.5) is 11.4 Å². The van der Waals surface area contributed by atoms with Gasteiger partial charge in [-0.15, -0.1) is 0 Å². The van der Waals surface area contributed by atoms with E-state index in [4.69, 9.17) is 0 Å². The second-order valence-electron chi connectivity index (χ2n) is 8.22. The van der Waals surface area contributed by atoms with Gasteiger partial charge >= 0.3 is 0 Å². The minimum atomic E-state index is -3.44. The minimum absolute atomic E-state index is 0.0509. The van der Waals surface area contributed by atoms with Crippen LogP contribution in [0, 0.1) is 13.8 Å². The fraction of sp³-hybridized carbons (Fsp3) is 0.417. The van der Waals surface area contributed by atoms with Crippen LogP contribution < -0.4 is 15.4 Å². The Hall–Kier alpha value is -3.11. The average Bonchev–Trinajstić information content (AvgIpc) is 3.25. The predicted octanol–water partition coefficient (Wildman–Crippen LogP) is 2.96. The van der Waals surface area contributed by atoms with Gasteiger partial charge in [0.25, 0.3) is 11.8 Å². The van der Waals surface area contributed by atoms with Crippen molar-refractivity contribution in [3.63, 3.8) is 0 Å². The Bertz CT molecular complexity index is 1230. The molecule has 1 aromatic carbocycles. The maximum absolute atomic E-state index is 12.8. The molecule has 0 aliphatic carbocycles. The Morgan fingerprint density at radius 3 is 2.50 bits per heavy atom. The van der Waals surface area contributed by atoms with Gasteiger partial charge in [0.1, 0.15) is 0 Å². The summed E-state index contributed by atoms with van der Waals surface area (Å²) >= 11 is 0. The largest absolute Gasteiger partial charge is 0.358 e. The van der Waals surface area contributed by atoms with Gasteiger partial charge in [0.15, 0.2) is 0 Å². The third-order valence-corrected chi connectivity index (χ3v) is 7.36. The number of fused-ring (bicyclic) bond motifs is 1. The average molecular weight is 488 g/mol. The summed E-state index contributed by atoms with van der Waals surface area (Å²) in [6, 6.07) is 4.92. The number of aromatic amines is 1. The first-order valence-corrected chi connectivity index (χ1v) is 13.1. The summed E-state index contributed by atoms with van der Waals surface area (Å²) in [5, 5.41) is 5.78. The van der Waals surface area contributed by atoms with E-state index < -0.39 is 10.0 Å². The number of nitrogens with zero attached hydrogens (tertiary/aromatic N) is 1. The molecule has 0 saturated carbocycles. The van der Waals surface area contributed by atoms with Crippen molar-refractivity contribution in [3.05, 3.63) is 46.3 Å². The number of hydrogen-bond acceptors (Lipinski definition) is 5. The Labute approximate surface area is 201 Å². The quantitative estimate of drug-likeness (QED) is 0.384. The lowest BCUT2D eigenvalue weighted by molar-refractivity contribution is -0.110. The lowest BCUT2D eigenvalue weighted by Gasteiger charge is -2.18. The van der Waals surface area contributed by atoms with E-state index in [1.54, 1.807) is 31.2 Å². The molecule has 184 valence electrons. The second kappa shape index (κ2) is 10.4. The lowest BCUT2D eigenvalue weighted by Crippen LogP contribution is -2.35. The molecular weight excluding hydrogens is 454 g/mol. The second-order valence-corrected chi connectivity index (χ2v) is 10.2. The van der Waals surface area contributed by atoms with Gasteiger partial charge in [-0.25, -0.2) is 8.42 Å². The third kappa shape index (κ3) is 5.51. The zero-order valence-corrected chi connectivity index (χ0v) is 21.1. The van der Waals surface area contributed by atoms with E-state index in [9.17, 15) is 18.0 Å². The number of rotatable bonds is 10. The van der Waals surface area contributed by atoms with Crippen LogP contribution >= 0.6 is 0 Å². The van der Waals surface area contributed by atoms with E-state index in [0.29, 0.717) is 46.0 Å². The van der Waals surface area contributed by atoms with Crippen molar-refractivity contribution in [2.24, 2.45) is 0 Å². The first-order chi connectivity index (χ1) is 16.1. The Morgan fingerprint density at radius 1 is 1.15 bits per heavy atom. The number of aryl methyl sites for hydroxylation is 1. The number of aromatic nitrogens is 1. The highest BCUT2D eigenvalue weighted by molar-refractivity contribution is 7.92. The van der Waals surface area contributed by atoms with E-state index >= 15 is 0 Å². The van der Waals surface area contributed by atoms with Gasteiger partial charge in [-0.3, -0.25) is 14.3 Å². The molecule has 1 aliphatic rings. The van der Waals surface area contributed by atoms with Crippen molar-refractivity contribution in [1.82, 2.24) is 15.2 Å². The molecular formula is C24H33N5O4S. The molecule has 9 nitrogen and oxygen atoms in total. The zero-order chi connectivity index (χ0) is 25.0. The number of benzene rings is 1. The molecule has 2 heterocycles. The summed E-state index contributed by atoms with van der Waals surface area (Å²) in [5.74, 6) is -0.497. The Kier molecular flexibility index (Phi) is 7.83. The summed E-state index contributed by atoms with van der Waals surface area (Å²) in [5.41, 5.74) is 4.66. The molecule has 0 unspecified atom stereocenters. The Balaban J connectivity index is 1.87. The number of nitrogens with one attached hydrogen (secondary N) is 4. The molecule has 0 radical (unpaired) electrons. The molecule has 2 amide bonds. The minimum Gasteiger partial charge on any atom is -0.358 e. The van der Waals surface area contributed by atoms with Crippen LogP contribution in [0.1, 0.15) is 53.6 Å². The van der Waals surface area contributed by atoms with Gasteiger partial charge in [0.05, 0.1) is 16.9 Å². The summed E-state index contributed by atoms with van der Waals surface area (Å²) in [6.45, 7) is 12.6. The van der Waals surface area contributed by atoms with Gasteiger partial charge in [-0.1, -0.05) is 13.8 Å². The molecule has 3 rings (SSSR count). The summed E-state index contributed by atoms with van der Waals surface area (Å²) in [4.78, 5) is 31.0.